The molecule has 15 heavy (non-hydrogen) atoms. The largest absolute Gasteiger partial charge is 0.361 e. The molecule has 1 aromatic heterocycles. The van der Waals surface area contributed by atoms with Crippen molar-refractivity contribution < 1.29 is 9.32 Å². The van der Waals surface area contributed by atoms with Crippen LogP contribution in [-0.2, 0) is 0 Å². The van der Waals surface area contributed by atoms with E-state index in [2.05, 4.69) is 17.3 Å². The monoisotopic (exact) mass is 203 g/mol. The second-order valence-corrected chi connectivity index (χ2v) is 4.57. The molecule has 3 heteroatoms. The Labute approximate surface area is 88.1 Å². The molecule has 0 aliphatic heterocycles. The standard InChI is InChI=1S/C12H13NO2/c1-7-4-11(13-15-7)12(14)10-6-8-2-3-9(10)5-8/h2-4,8-10H,5-6H2,1H3. The van der Waals surface area contributed by atoms with Gasteiger partial charge >= 0.3 is 0 Å². The van der Waals surface area contributed by atoms with Crippen molar-refractivity contribution in [3.63, 3.8) is 0 Å². The average molecular weight is 203 g/mol. The Morgan fingerprint density at radius 3 is 2.87 bits per heavy atom. The van der Waals surface area contributed by atoms with E-state index >= 15 is 0 Å². The van der Waals surface area contributed by atoms with E-state index in [1.807, 2.05) is 6.92 Å². The molecule has 78 valence electrons. The van der Waals surface area contributed by atoms with Crippen LogP contribution in [0.5, 0.6) is 0 Å². The minimum atomic E-state index is 0.143. The molecule has 3 nitrogen and oxygen atoms in total. The van der Waals surface area contributed by atoms with Crippen LogP contribution in [0.3, 0.4) is 0 Å². The Morgan fingerprint density at radius 2 is 2.33 bits per heavy atom. The van der Waals surface area contributed by atoms with Crippen molar-refractivity contribution in [3.05, 3.63) is 29.7 Å². The highest BCUT2D eigenvalue weighted by Gasteiger charge is 2.40. The first kappa shape index (κ1) is 8.89. The number of aromatic nitrogens is 1. The van der Waals surface area contributed by atoms with Gasteiger partial charge in [-0.1, -0.05) is 17.3 Å². The molecule has 0 aromatic carbocycles. The van der Waals surface area contributed by atoms with Crippen LogP contribution in [-0.4, -0.2) is 10.9 Å². The normalized spacial score (nSPS) is 32.5. The lowest BCUT2D eigenvalue weighted by atomic mass is 9.88. The van der Waals surface area contributed by atoms with E-state index in [-0.39, 0.29) is 11.7 Å². The van der Waals surface area contributed by atoms with Gasteiger partial charge in [0.25, 0.3) is 0 Å². The number of fused-ring (bicyclic) bond motifs is 2. The van der Waals surface area contributed by atoms with E-state index in [0.29, 0.717) is 23.3 Å². The van der Waals surface area contributed by atoms with Crippen molar-refractivity contribution in [3.8, 4) is 0 Å². The Balaban J connectivity index is 1.84. The summed E-state index contributed by atoms with van der Waals surface area (Å²) in [5, 5.41) is 3.80. The number of nitrogens with zero attached hydrogens (tertiary/aromatic N) is 1. The van der Waals surface area contributed by atoms with Gasteiger partial charge in [-0.25, -0.2) is 0 Å². The molecule has 0 saturated heterocycles. The zero-order valence-electron chi connectivity index (χ0n) is 8.64. The highest BCUT2D eigenvalue weighted by atomic mass is 16.5. The lowest BCUT2D eigenvalue weighted by Crippen LogP contribution is -2.19. The summed E-state index contributed by atoms with van der Waals surface area (Å²) < 4.78 is 4.94. The minimum Gasteiger partial charge on any atom is -0.361 e. The molecule has 0 amide bonds. The van der Waals surface area contributed by atoms with Gasteiger partial charge in [-0.3, -0.25) is 4.79 Å². The van der Waals surface area contributed by atoms with Crippen molar-refractivity contribution in [2.75, 3.05) is 0 Å². The first-order valence-corrected chi connectivity index (χ1v) is 5.40. The van der Waals surface area contributed by atoms with Crippen molar-refractivity contribution in [1.29, 1.82) is 0 Å². The fourth-order valence-electron chi connectivity index (χ4n) is 2.75. The van der Waals surface area contributed by atoms with Crippen LogP contribution in [0.1, 0.15) is 29.1 Å². The van der Waals surface area contributed by atoms with Gasteiger partial charge in [-0.05, 0) is 31.6 Å². The predicted molar refractivity (Wildman–Crippen MR) is 54.4 cm³/mol. The number of Topliss-reactive ketones (excluding diaryl/α,β-unsaturated/α-hetero) is 1. The van der Waals surface area contributed by atoms with Crippen molar-refractivity contribution in [2.24, 2.45) is 17.8 Å². The van der Waals surface area contributed by atoms with Gasteiger partial charge in [0.2, 0.25) is 0 Å². The van der Waals surface area contributed by atoms with E-state index in [9.17, 15) is 4.79 Å². The Hall–Kier alpha value is -1.38. The lowest BCUT2D eigenvalue weighted by Gasteiger charge is -2.14. The summed E-state index contributed by atoms with van der Waals surface area (Å²) in [6, 6.07) is 1.73. The number of aryl methyl sites for hydroxylation is 1. The molecule has 1 heterocycles. The van der Waals surface area contributed by atoms with E-state index in [1.54, 1.807) is 6.07 Å². The van der Waals surface area contributed by atoms with Gasteiger partial charge in [0.15, 0.2) is 5.78 Å². The Morgan fingerprint density at radius 1 is 1.47 bits per heavy atom. The van der Waals surface area contributed by atoms with E-state index < -0.39 is 0 Å². The molecular formula is C12H13NO2. The molecule has 1 aromatic rings. The molecule has 3 atom stereocenters. The molecule has 3 unspecified atom stereocenters. The summed E-state index contributed by atoms with van der Waals surface area (Å²) in [6.45, 7) is 1.81. The number of rotatable bonds is 2. The van der Waals surface area contributed by atoms with Gasteiger partial charge < -0.3 is 4.52 Å². The molecule has 0 radical (unpaired) electrons. The molecule has 3 rings (SSSR count). The van der Waals surface area contributed by atoms with Crippen LogP contribution in [0, 0.1) is 24.7 Å². The Kier molecular flexibility index (Phi) is 1.81. The molecule has 0 spiro atoms. The molecular weight excluding hydrogens is 190 g/mol. The fraction of sp³-hybridized carbons (Fsp3) is 0.500. The first-order chi connectivity index (χ1) is 7.24. The van der Waals surface area contributed by atoms with Gasteiger partial charge in [0, 0.05) is 12.0 Å². The molecule has 0 N–H and O–H groups in total. The topological polar surface area (TPSA) is 43.1 Å². The van der Waals surface area contributed by atoms with Crippen molar-refractivity contribution in [2.45, 2.75) is 19.8 Å². The zero-order valence-corrected chi connectivity index (χ0v) is 8.64. The average Bonchev–Trinajstić information content (AvgIpc) is 2.90. The molecule has 2 aliphatic carbocycles. The number of carbonyl (C=O) groups excluding carboxylic acids is 1. The van der Waals surface area contributed by atoms with Gasteiger partial charge in [-0.15, -0.1) is 0 Å². The van der Waals surface area contributed by atoms with E-state index in [0.717, 1.165) is 12.8 Å². The summed E-state index contributed by atoms with van der Waals surface area (Å²) in [5.41, 5.74) is 0.499. The van der Waals surface area contributed by atoms with Crippen LogP contribution < -0.4 is 0 Å². The maximum Gasteiger partial charge on any atom is 0.188 e. The second-order valence-electron chi connectivity index (χ2n) is 4.57. The third-order valence-corrected chi connectivity index (χ3v) is 3.50. The number of ketones is 1. The van der Waals surface area contributed by atoms with Gasteiger partial charge in [0.05, 0.1) is 0 Å². The van der Waals surface area contributed by atoms with Crippen LogP contribution >= 0.6 is 0 Å². The summed E-state index contributed by atoms with van der Waals surface area (Å²) in [6.07, 6.45) is 6.56. The number of allylic oxidation sites excluding steroid dienone is 2. The quantitative estimate of drug-likeness (QED) is 0.547. The van der Waals surface area contributed by atoms with Gasteiger partial charge in [-0.2, -0.15) is 0 Å². The molecule has 2 bridgehead atoms. The summed E-state index contributed by atoms with van der Waals surface area (Å²) in [7, 11) is 0. The fourth-order valence-corrected chi connectivity index (χ4v) is 2.75. The van der Waals surface area contributed by atoms with Crippen LogP contribution in [0.25, 0.3) is 0 Å². The third-order valence-electron chi connectivity index (χ3n) is 3.50. The highest BCUT2D eigenvalue weighted by Crippen LogP contribution is 2.44. The van der Waals surface area contributed by atoms with Crippen LogP contribution in [0.4, 0.5) is 0 Å². The van der Waals surface area contributed by atoms with E-state index in [1.165, 1.54) is 0 Å². The summed E-state index contributed by atoms with van der Waals surface area (Å²) in [4.78, 5) is 12.1. The second kappa shape index (κ2) is 3.05. The maximum atomic E-state index is 12.1. The summed E-state index contributed by atoms with van der Waals surface area (Å²) >= 11 is 0. The van der Waals surface area contributed by atoms with Crippen molar-refractivity contribution in [1.82, 2.24) is 5.16 Å². The number of hydrogen-bond donors (Lipinski definition) is 0. The van der Waals surface area contributed by atoms with Gasteiger partial charge in [0.1, 0.15) is 11.5 Å². The Bertz CT molecular complexity index is 433. The third kappa shape index (κ3) is 1.34. The number of hydrogen-bond acceptors (Lipinski definition) is 3. The first-order valence-electron chi connectivity index (χ1n) is 5.40. The SMILES string of the molecule is Cc1cc(C(=O)C2CC3C=CC2C3)no1. The smallest absolute Gasteiger partial charge is 0.188 e. The minimum absolute atomic E-state index is 0.143. The summed E-state index contributed by atoms with van der Waals surface area (Å²) in [5.74, 6) is 2.07. The van der Waals surface area contributed by atoms with E-state index in [4.69, 9.17) is 4.52 Å². The lowest BCUT2D eigenvalue weighted by molar-refractivity contribution is 0.0892. The van der Waals surface area contributed by atoms with Crippen LogP contribution in [0.15, 0.2) is 22.7 Å². The molecule has 1 saturated carbocycles. The molecule has 2 aliphatic rings. The number of carbonyl (C=O) groups is 1. The maximum absolute atomic E-state index is 12.1. The van der Waals surface area contributed by atoms with Crippen molar-refractivity contribution >= 4 is 5.78 Å². The predicted octanol–water partition coefficient (Wildman–Crippen LogP) is 2.38. The molecule has 1 fully saturated rings. The zero-order chi connectivity index (χ0) is 10.4. The highest BCUT2D eigenvalue weighted by molar-refractivity contribution is 5.96. The van der Waals surface area contributed by atoms with Crippen LogP contribution in [0.2, 0.25) is 0 Å².